The summed E-state index contributed by atoms with van der Waals surface area (Å²) in [5.41, 5.74) is 0. The minimum absolute atomic E-state index is 0.00504. The Morgan fingerprint density at radius 2 is 1.16 bits per heavy atom. The molecule has 0 aliphatic rings. The van der Waals surface area contributed by atoms with E-state index >= 15 is 0 Å². The molecule has 0 aliphatic carbocycles. The largest absolute Gasteiger partial charge is 0.481 e. The summed E-state index contributed by atoms with van der Waals surface area (Å²) in [6.07, 6.45) is 27.7. The fourth-order valence-corrected chi connectivity index (χ4v) is 3.96. The van der Waals surface area contributed by atoms with Crippen LogP contribution in [-0.4, -0.2) is 23.7 Å². The molecule has 0 heterocycles. The lowest BCUT2D eigenvalue weighted by Crippen LogP contribution is -2.19. The molecule has 0 aromatic heterocycles. The number of allylic oxidation sites excluding steroid dienone is 2. The Hall–Kier alpha value is -1.32. The number of carboxylic acid groups (broad SMARTS) is 1. The second-order valence-corrected chi connectivity index (χ2v) is 9.25. The van der Waals surface area contributed by atoms with Crippen molar-refractivity contribution in [2.45, 2.75) is 142 Å². The molecule has 32 heavy (non-hydrogen) atoms. The Morgan fingerprint density at radius 1 is 0.688 bits per heavy atom. The predicted molar refractivity (Wildman–Crippen MR) is 135 cm³/mol. The van der Waals surface area contributed by atoms with E-state index in [-0.39, 0.29) is 12.4 Å². The van der Waals surface area contributed by atoms with Gasteiger partial charge in [0, 0.05) is 0 Å². The topological polar surface area (TPSA) is 63.6 Å². The average molecular weight is 453 g/mol. The molecule has 1 atom stereocenters. The Bertz CT molecular complexity index is 458. The Morgan fingerprint density at radius 3 is 1.62 bits per heavy atom. The van der Waals surface area contributed by atoms with Crippen LogP contribution in [0.2, 0.25) is 0 Å². The molecule has 4 nitrogen and oxygen atoms in total. The molecular formula is C28H52O4. The smallest absolute Gasteiger partial charge is 0.307 e. The van der Waals surface area contributed by atoms with Crippen LogP contribution in [0.5, 0.6) is 0 Å². The van der Waals surface area contributed by atoms with Crippen molar-refractivity contribution in [1.82, 2.24) is 0 Å². The van der Waals surface area contributed by atoms with Gasteiger partial charge in [0.25, 0.3) is 0 Å². The molecule has 0 bridgehead atoms. The zero-order valence-corrected chi connectivity index (χ0v) is 21.3. The third-order valence-electron chi connectivity index (χ3n) is 6.04. The molecule has 0 radical (unpaired) electrons. The van der Waals surface area contributed by atoms with Gasteiger partial charge >= 0.3 is 11.9 Å². The van der Waals surface area contributed by atoms with E-state index in [1.165, 1.54) is 96.3 Å². The van der Waals surface area contributed by atoms with Gasteiger partial charge in [-0.2, -0.15) is 0 Å². The van der Waals surface area contributed by atoms with Gasteiger partial charge in [0.05, 0.1) is 18.9 Å². The van der Waals surface area contributed by atoms with Crippen LogP contribution in [0.15, 0.2) is 12.2 Å². The first kappa shape index (κ1) is 30.7. The number of aliphatic carboxylic acids is 1. The van der Waals surface area contributed by atoms with Crippen LogP contribution in [-0.2, 0) is 14.3 Å². The molecule has 0 saturated heterocycles. The third-order valence-corrected chi connectivity index (χ3v) is 6.04. The highest BCUT2D eigenvalue weighted by atomic mass is 16.5. The number of carbonyl (C=O) groups is 2. The maximum absolute atomic E-state index is 11.6. The van der Waals surface area contributed by atoms with E-state index < -0.39 is 11.9 Å². The van der Waals surface area contributed by atoms with Crippen LogP contribution < -0.4 is 0 Å². The number of carboxylic acids is 1. The summed E-state index contributed by atoms with van der Waals surface area (Å²) < 4.78 is 5.01. The zero-order valence-electron chi connectivity index (χ0n) is 21.3. The molecular weight excluding hydrogens is 400 g/mol. The predicted octanol–water partition coefficient (Wildman–Crippen LogP) is 8.63. The van der Waals surface area contributed by atoms with Crippen molar-refractivity contribution in [1.29, 1.82) is 0 Å². The maximum atomic E-state index is 11.6. The van der Waals surface area contributed by atoms with Gasteiger partial charge in [0.15, 0.2) is 0 Å². The number of carbonyl (C=O) groups excluding carboxylic acids is 1. The van der Waals surface area contributed by atoms with E-state index in [2.05, 4.69) is 19.1 Å². The summed E-state index contributed by atoms with van der Waals surface area (Å²) in [5, 5.41) is 9.29. The molecule has 0 saturated carbocycles. The van der Waals surface area contributed by atoms with Crippen molar-refractivity contribution < 1.29 is 19.4 Å². The summed E-state index contributed by atoms with van der Waals surface area (Å²) in [7, 11) is 0. The highest BCUT2D eigenvalue weighted by Gasteiger charge is 2.21. The van der Waals surface area contributed by atoms with Crippen LogP contribution in [0.4, 0.5) is 0 Å². The standard InChI is InChI=1S/C28H52O4/c1-3-5-6-7-8-9-10-11-12-13-14-15-16-17-18-19-20-21-22-23-26(28(30)31)25-27(29)32-24-4-2/h8-9,26H,3-7,10-25H2,1-2H3,(H,30,31)/b9-8+. The van der Waals surface area contributed by atoms with Crippen molar-refractivity contribution in [2.24, 2.45) is 5.92 Å². The minimum Gasteiger partial charge on any atom is -0.481 e. The number of unbranched alkanes of at least 4 members (excludes halogenated alkanes) is 15. The second kappa shape index (κ2) is 24.3. The fourth-order valence-electron chi connectivity index (χ4n) is 3.96. The van der Waals surface area contributed by atoms with Gasteiger partial charge < -0.3 is 9.84 Å². The van der Waals surface area contributed by atoms with E-state index in [1.807, 2.05) is 6.92 Å². The Kier molecular flexibility index (Phi) is 23.3. The minimum atomic E-state index is -0.877. The molecule has 1 unspecified atom stereocenters. The van der Waals surface area contributed by atoms with Crippen molar-refractivity contribution in [3.8, 4) is 0 Å². The molecule has 1 N–H and O–H groups in total. The highest BCUT2D eigenvalue weighted by Crippen LogP contribution is 2.17. The summed E-state index contributed by atoms with van der Waals surface area (Å²) in [5.74, 6) is -1.85. The summed E-state index contributed by atoms with van der Waals surface area (Å²) >= 11 is 0. The van der Waals surface area contributed by atoms with E-state index in [1.54, 1.807) is 0 Å². The first-order valence-corrected chi connectivity index (χ1v) is 13.6. The van der Waals surface area contributed by atoms with Gasteiger partial charge in [-0.25, -0.2) is 0 Å². The van der Waals surface area contributed by atoms with Crippen molar-refractivity contribution >= 4 is 11.9 Å². The lowest BCUT2D eigenvalue weighted by atomic mass is 9.97. The molecule has 188 valence electrons. The van der Waals surface area contributed by atoms with Gasteiger partial charge in [-0.15, -0.1) is 0 Å². The number of ether oxygens (including phenoxy) is 1. The molecule has 0 rings (SSSR count). The number of rotatable bonds is 24. The van der Waals surface area contributed by atoms with Crippen LogP contribution in [0.25, 0.3) is 0 Å². The zero-order chi connectivity index (χ0) is 23.7. The second-order valence-electron chi connectivity index (χ2n) is 9.25. The first-order valence-electron chi connectivity index (χ1n) is 13.6. The van der Waals surface area contributed by atoms with Crippen molar-refractivity contribution in [3.05, 3.63) is 12.2 Å². The van der Waals surface area contributed by atoms with Crippen LogP contribution >= 0.6 is 0 Å². The van der Waals surface area contributed by atoms with Crippen LogP contribution in [0.3, 0.4) is 0 Å². The third kappa shape index (κ3) is 21.9. The first-order chi connectivity index (χ1) is 15.6. The Balaban J connectivity index is 3.41. The highest BCUT2D eigenvalue weighted by molar-refractivity contribution is 5.78. The number of hydrogen-bond acceptors (Lipinski definition) is 3. The summed E-state index contributed by atoms with van der Waals surface area (Å²) in [6, 6.07) is 0. The quantitative estimate of drug-likeness (QED) is 0.0904. The van der Waals surface area contributed by atoms with Gasteiger partial charge in [0.1, 0.15) is 0 Å². The average Bonchev–Trinajstić information content (AvgIpc) is 2.78. The van der Waals surface area contributed by atoms with Crippen molar-refractivity contribution in [3.63, 3.8) is 0 Å². The molecule has 0 fully saturated rings. The molecule has 0 amide bonds. The van der Waals surface area contributed by atoms with E-state index in [4.69, 9.17) is 4.74 Å². The van der Waals surface area contributed by atoms with Crippen LogP contribution in [0, 0.1) is 5.92 Å². The maximum Gasteiger partial charge on any atom is 0.307 e. The number of esters is 1. The molecule has 0 aromatic rings. The SMILES string of the molecule is CCCCC/C=C/CCCCCCCCCCCCCCC(CC(=O)OCCC)C(=O)O. The molecule has 4 heteroatoms. The lowest BCUT2D eigenvalue weighted by Gasteiger charge is -2.11. The Labute approximate surface area is 198 Å². The number of hydrogen-bond donors (Lipinski definition) is 1. The molecule has 0 aromatic carbocycles. The summed E-state index contributed by atoms with van der Waals surface area (Å²) in [4.78, 5) is 23.0. The van der Waals surface area contributed by atoms with Crippen molar-refractivity contribution in [2.75, 3.05) is 6.61 Å². The van der Waals surface area contributed by atoms with Gasteiger partial charge in [-0.05, 0) is 38.5 Å². The van der Waals surface area contributed by atoms with Gasteiger partial charge in [-0.1, -0.05) is 109 Å². The molecule has 0 spiro atoms. The van der Waals surface area contributed by atoms with Gasteiger partial charge in [0.2, 0.25) is 0 Å². The van der Waals surface area contributed by atoms with Crippen LogP contribution in [0.1, 0.15) is 142 Å². The fraction of sp³-hybridized carbons (Fsp3) is 0.857. The lowest BCUT2D eigenvalue weighted by molar-refractivity contribution is -0.151. The summed E-state index contributed by atoms with van der Waals surface area (Å²) in [6.45, 7) is 4.56. The molecule has 0 aliphatic heterocycles. The monoisotopic (exact) mass is 452 g/mol. The van der Waals surface area contributed by atoms with Gasteiger partial charge in [-0.3, -0.25) is 9.59 Å². The van der Waals surface area contributed by atoms with E-state index in [9.17, 15) is 14.7 Å². The normalized spacial score (nSPS) is 12.3. The van der Waals surface area contributed by atoms with E-state index in [0.29, 0.717) is 13.0 Å². The van der Waals surface area contributed by atoms with E-state index in [0.717, 1.165) is 19.3 Å².